The van der Waals surface area contributed by atoms with Crippen molar-refractivity contribution >= 4 is 11.6 Å². The molecule has 1 saturated carbocycles. The molecule has 0 radical (unpaired) electrons. The van der Waals surface area contributed by atoms with Gasteiger partial charge in [0, 0.05) is 74.7 Å². The van der Waals surface area contributed by atoms with E-state index in [4.69, 9.17) is 0 Å². The van der Waals surface area contributed by atoms with Crippen LogP contribution in [0.5, 0.6) is 0 Å². The summed E-state index contributed by atoms with van der Waals surface area (Å²) in [6.45, 7) is 1.88. The predicted molar refractivity (Wildman–Crippen MR) is 144 cm³/mol. The molecule has 0 N–H and O–H groups in total. The van der Waals surface area contributed by atoms with Crippen LogP contribution in [0.3, 0.4) is 0 Å². The fourth-order valence-corrected chi connectivity index (χ4v) is 7.53. The van der Waals surface area contributed by atoms with Crippen LogP contribution in [-0.4, -0.2) is 68.6 Å². The summed E-state index contributed by atoms with van der Waals surface area (Å²) < 4.78 is 73.2. The zero-order chi connectivity index (χ0) is 29.6. The largest absolute Gasteiger partial charge is 0.416 e. The number of fused-ring (bicyclic) bond motifs is 3. The van der Waals surface area contributed by atoms with E-state index in [0.717, 1.165) is 19.5 Å². The molecule has 2 bridgehead atoms. The second-order valence-corrected chi connectivity index (χ2v) is 12.6. The Bertz CT molecular complexity index is 1550. The number of carbonyl (C=O) groups excluding carboxylic acids is 1. The molecule has 0 spiro atoms. The van der Waals surface area contributed by atoms with Crippen LogP contribution in [0.15, 0.2) is 42.7 Å². The maximum absolute atomic E-state index is 14.3. The standard InChI is InChI=1S/C30H31F5N6O/c1-38-12-21-9-22(13-38)40(21)11-18-6-23-24(25(7-18)30(33,34)35)14-41(27(23)42)20-5-3-4-19(8-20)28(15-29(31,32)16-28)10-26-37-36-17-39(26)2/h3-8,17,21-22H,9-16H2,1-2H3. The van der Waals surface area contributed by atoms with Gasteiger partial charge in [0.15, 0.2) is 0 Å². The number of aryl methyl sites for hydroxylation is 1. The van der Waals surface area contributed by atoms with Gasteiger partial charge in [0.25, 0.3) is 5.91 Å². The van der Waals surface area contributed by atoms with E-state index in [1.165, 1.54) is 17.3 Å². The van der Waals surface area contributed by atoms with Gasteiger partial charge in [-0.3, -0.25) is 9.69 Å². The number of anilines is 1. The molecule has 3 aromatic rings. The maximum atomic E-state index is 14.3. The van der Waals surface area contributed by atoms with E-state index in [-0.39, 0.29) is 36.9 Å². The Kier molecular flexibility index (Phi) is 6.08. The van der Waals surface area contributed by atoms with Crippen molar-refractivity contribution in [3.05, 3.63) is 76.4 Å². The van der Waals surface area contributed by atoms with E-state index in [2.05, 4.69) is 20.0 Å². The molecule has 12 heteroatoms. The maximum Gasteiger partial charge on any atom is 0.416 e. The minimum atomic E-state index is -4.62. The number of nitrogens with zero attached hydrogens (tertiary/aromatic N) is 6. The zero-order valence-corrected chi connectivity index (χ0v) is 23.3. The quantitative estimate of drug-likeness (QED) is 0.389. The van der Waals surface area contributed by atoms with Gasteiger partial charge in [-0.05, 0) is 54.4 Å². The number of piperidine rings is 1. The van der Waals surface area contributed by atoms with Crippen LogP contribution in [0.1, 0.15) is 57.7 Å². The molecular formula is C30H31F5N6O. The molecule has 7 nitrogen and oxygen atoms in total. The molecule has 1 aliphatic carbocycles. The number of halogens is 5. The molecule has 4 fully saturated rings. The highest BCUT2D eigenvalue weighted by Crippen LogP contribution is 2.55. The minimum absolute atomic E-state index is 0.0471. The second kappa shape index (κ2) is 9.31. The first-order valence-electron chi connectivity index (χ1n) is 14.1. The lowest BCUT2D eigenvalue weighted by atomic mass is 9.60. The minimum Gasteiger partial charge on any atom is -0.321 e. The monoisotopic (exact) mass is 586 g/mol. The van der Waals surface area contributed by atoms with Crippen molar-refractivity contribution in [2.45, 2.75) is 68.4 Å². The summed E-state index contributed by atoms with van der Waals surface area (Å²) in [5, 5.41) is 7.94. The van der Waals surface area contributed by atoms with E-state index in [9.17, 15) is 26.7 Å². The third-order valence-electron chi connectivity index (χ3n) is 9.56. The molecule has 42 heavy (non-hydrogen) atoms. The van der Waals surface area contributed by atoms with Gasteiger partial charge < -0.3 is 14.4 Å². The van der Waals surface area contributed by atoms with Gasteiger partial charge in [0.05, 0.1) is 12.1 Å². The second-order valence-electron chi connectivity index (χ2n) is 12.6. The van der Waals surface area contributed by atoms with Crippen LogP contribution in [0.4, 0.5) is 27.6 Å². The van der Waals surface area contributed by atoms with Gasteiger partial charge in [-0.25, -0.2) is 8.78 Å². The lowest BCUT2D eigenvalue weighted by Crippen LogP contribution is -2.67. The van der Waals surface area contributed by atoms with Gasteiger partial charge in [-0.15, -0.1) is 10.2 Å². The number of hydrogen-bond donors (Lipinski definition) is 0. The fraction of sp³-hybridized carbons (Fsp3) is 0.500. The SMILES string of the molecule is CN1CC2CC(C1)N2Cc1cc2c(c(C(F)(F)F)c1)CN(c1cccc(C3(Cc4nncn4C)CC(F)(F)C3)c1)C2=O. The van der Waals surface area contributed by atoms with Crippen LogP contribution in [0.25, 0.3) is 0 Å². The summed E-state index contributed by atoms with van der Waals surface area (Å²) >= 11 is 0. The van der Waals surface area contributed by atoms with Crippen molar-refractivity contribution in [3.8, 4) is 0 Å². The smallest absolute Gasteiger partial charge is 0.321 e. The van der Waals surface area contributed by atoms with Gasteiger partial charge in [-0.1, -0.05) is 12.1 Å². The van der Waals surface area contributed by atoms with E-state index >= 15 is 0 Å². The first-order valence-corrected chi connectivity index (χ1v) is 14.1. The number of aromatic nitrogens is 3. The fourth-order valence-electron chi connectivity index (χ4n) is 7.53. The lowest BCUT2D eigenvalue weighted by molar-refractivity contribution is -0.138. The Morgan fingerprint density at radius 3 is 2.43 bits per heavy atom. The molecular weight excluding hydrogens is 555 g/mol. The molecule has 3 saturated heterocycles. The summed E-state index contributed by atoms with van der Waals surface area (Å²) in [5.74, 6) is -2.79. The molecule has 2 atom stereocenters. The zero-order valence-electron chi connectivity index (χ0n) is 23.3. The normalized spacial score (nSPS) is 24.8. The molecule has 1 aromatic heterocycles. The molecule has 5 heterocycles. The van der Waals surface area contributed by atoms with Crippen molar-refractivity contribution in [1.29, 1.82) is 0 Å². The number of rotatable bonds is 6. The molecule has 1 amide bonds. The molecule has 8 rings (SSSR count). The topological polar surface area (TPSA) is 57.5 Å². The number of carbonyl (C=O) groups is 1. The highest BCUT2D eigenvalue weighted by Gasteiger charge is 2.57. The first-order chi connectivity index (χ1) is 19.8. The Morgan fingerprint density at radius 1 is 1.05 bits per heavy atom. The summed E-state index contributed by atoms with van der Waals surface area (Å²) in [4.78, 5) is 19.5. The van der Waals surface area contributed by atoms with Crippen molar-refractivity contribution in [2.24, 2.45) is 7.05 Å². The molecule has 5 aliphatic rings. The number of likely N-dealkylation sites (N-methyl/N-ethyl adjacent to an activating group) is 1. The number of alkyl halides is 5. The highest BCUT2D eigenvalue weighted by molar-refractivity contribution is 6.10. The van der Waals surface area contributed by atoms with Crippen LogP contribution in [0.2, 0.25) is 0 Å². The third kappa shape index (κ3) is 4.50. The molecule has 222 valence electrons. The van der Waals surface area contributed by atoms with Crippen molar-refractivity contribution in [2.75, 3.05) is 25.0 Å². The number of piperazine rings is 1. The third-order valence-corrected chi connectivity index (χ3v) is 9.56. The van der Waals surface area contributed by atoms with Gasteiger partial charge in [0.2, 0.25) is 5.92 Å². The summed E-state index contributed by atoms with van der Waals surface area (Å²) in [7, 11) is 3.79. The van der Waals surface area contributed by atoms with Crippen LogP contribution in [-0.2, 0) is 38.1 Å². The first kappa shape index (κ1) is 27.5. The van der Waals surface area contributed by atoms with E-state index in [1.54, 1.807) is 41.9 Å². The Balaban J connectivity index is 1.20. The van der Waals surface area contributed by atoms with Crippen molar-refractivity contribution in [3.63, 3.8) is 0 Å². The average molecular weight is 587 g/mol. The van der Waals surface area contributed by atoms with Crippen molar-refractivity contribution < 1.29 is 26.7 Å². The van der Waals surface area contributed by atoms with E-state index in [1.807, 2.05) is 7.05 Å². The van der Waals surface area contributed by atoms with E-state index < -0.39 is 29.0 Å². The Labute approximate surface area is 239 Å². The summed E-state index contributed by atoms with van der Waals surface area (Å²) in [6, 6.07) is 10.1. The average Bonchev–Trinajstić information content (AvgIpc) is 3.47. The van der Waals surface area contributed by atoms with Crippen molar-refractivity contribution in [1.82, 2.24) is 24.6 Å². The van der Waals surface area contributed by atoms with Gasteiger partial charge in [0.1, 0.15) is 12.2 Å². The van der Waals surface area contributed by atoms with Crippen LogP contribution < -0.4 is 4.90 Å². The lowest BCUT2D eigenvalue weighted by Gasteiger charge is -2.56. The predicted octanol–water partition coefficient (Wildman–Crippen LogP) is 4.79. The van der Waals surface area contributed by atoms with Gasteiger partial charge >= 0.3 is 6.18 Å². The Hall–Kier alpha value is -3.38. The number of benzene rings is 2. The number of amides is 1. The highest BCUT2D eigenvalue weighted by atomic mass is 19.4. The Morgan fingerprint density at radius 2 is 1.79 bits per heavy atom. The number of hydrogen-bond acceptors (Lipinski definition) is 5. The summed E-state index contributed by atoms with van der Waals surface area (Å²) in [6.07, 6.45) is -2.63. The van der Waals surface area contributed by atoms with Gasteiger partial charge in [-0.2, -0.15) is 13.2 Å². The molecule has 2 aromatic carbocycles. The van der Waals surface area contributed by atoms with E-state index in [0.29, 0.717) is 41.3 Å². The summed E-state index contributed by atoms with van der Waals surface area (Å²) in [5.41, 5.74) is -0.249. The molecule has 2 unspecified atom stereocenters. The van der Waals surface area contributed by atoms with Crippen LogP contribution in [0, 0.1) is 0 Å². The molecule has 4 aliphatic heterocycles. The van der Waals surface area contributed by atoms with Crippen LogP contribution >= 0.6 is 0 Å².